The van der Waals surface area contributed by atoms with Crippen LogP contribution >= 0.6 is 15.9 Å². The van der Waals surface area contributed by atoms with Gasteiger partial charge in [0, 0.05) is 11.8 Å². The number of nitrogens with zero attached hydrogens (tertiary/aromatic N) is 1. The van der Waals surface area contributed by atoms with Crippen molar-refractivity contribution in [2.45, 2.75) is 6.92 Å². The molecule has 0 aliphatic heterocycles. The van der Waals surface area contributed by atoms with Gasteiger partial charge in [0.15, 0.2) is 0 Å². The van der Waals surface area contributed by atoms with E-state index in [-0.39, 0.29) is 27.0 Å². The van der Waals surface area contributed by atoms with E-state index in [0.29, 0.717) is 5.69 Å². The second kappa shape index (κ2) is 6.88. The highest BCUT2D eigenvalue weighted by Gasteiger charge is 2.17. The van der Waals surface area contributed by atoms with Crippen molar-refractivity contribution in [3.05, 3.63) is 55.9 Å². The van der Waals surface area contributed by atoms with Crippen LogP contribution in [-0.4, -0.2) is 35.8 Å². The molecular weight excluding hydrogens is 382 g/mol. The van der Waals surface area contributed by atoms with Gasteiger partial charge in [-0.2, -0.15) is 0 Å². The second-order valence-electron chi connectivity index (χ2n) is 4.88. The fourth-order valence-corrected chi connectivity index (χ4v) is 2.52. The van der Waals surface area contributed by atoms with Gasteiger partial charge in [0.05, 0.1) is 31.0 Å². The molecule has 2 aromatic rings. The quantitative estimate of drug-likeness (QED) is 0.800. The van der Waals surface area contributed by atoms with Crippen molar-refractivity contribution in [1.29, 1.82) is 0 Å². The van der Waals surface area contributed by atoms with Gasteiger partial charge >= 0.3 is 11.9 Å². The first-order valence-corrected chi connectivity index (χ1v) is 7.52. The molecule has 1 N–H and O–H groups in total. The van der Waals surface area contributed by atoms with Gasteiger partial charge in [-0.15, -0.1) is 0 Å². The summed E-state index contributed by atoms with van der Waals surface area (Å²) in [5, 5.41) is 9.71. The van der Waals surface area contributed by atoms with E-state index in [9.17, 15) is 19.5 Å². The first kappa shape index (κ1) is 17.7. The van der Waals surface area contributed by atoms with E-state index in [1.807, 2.05) is 0 Å². The summed E-state index contributed by atoms with van der Waals surface area (Å²) in [7, 11) is 2.42. The molecule has 8 heteroatoms. The Morgan fingerprint density at radius 1 is 1.04 bits per heavy atom. The predicted octanol–water partition coefficient (Wildman–Crippen LogP) is 2.19. The van der Waals surface area contributed by atoms with Crippen molar-refractivity contribution in [2.24, 2.45) is 0 Å². The lowest BCUT2D eigenvalue weighted by Crippen LogP contribution is -2.22. The Hall–Kier alpha value is -2.61. The molecule has 1 aromatic heterocycles. The van der Waals surface area contributed by atoms with Crippen molar-refractivity contribution in [3.63, 3.8) is 0 Å². The number of benzene rings is 1. The molecule has 0 saturated carbocycles. The normalized spacial score (nSPS) is 10.3. The van der Waals surface area contributed by atoms with E-state index in [1.54, 1.807) is 6.92 Å². The number of halogens is 1. The Morgan fingerprint density at radius 3 is 2.00 bits per heavy atom. The van der Waals surface area contributed by atoms with Crippen molar-refractivity contribution < 1.29 is 24.2 Å². The summed E-state index contributed by atoms with van der Waals surface area (Å²) in [5.41, 5.74) is 0.321. The standard InChI is InChI=1S/C16H14BrNO6/c1-8-4-12(19)13(17)14(20)18(8)11-6-9(15(21)23-2)5-10(7-11)16(22)24-3/h4-7,19H,1-3H3. The molecule has 7 nitrogen and oxygen atoms in total. The van der Waals surface area contributed by atoms with Crippen LogP contribution in [0.15, 0.2) is 33.5 Å². The summed E-state index contributed by atoms with van der Waals surface area (Å²) in [6.07, 6.45) is 0. The van der Waals surface area contributed by atoms with E-state index >= 15 is 0 Å². The number of aromatic nitrogens is 1. The highest BCUT2D eigenvalue weighted by atomic mass is 79.9. The van der Waals surface area contributed by atoms with Crippen LogP contribution in [0.3, 0.4) is 0 Å². The first-order chi connectivity index (χ1) is 11.3. The Balaban J connectivity index is 2.80. The van der Waals surface area contributed by atoms with Gasteiger partial charge in [-0.05, 0) is 41.1 Å². The minimum absolute atomic E-state index is 0.0313. The number of aromatic hydroxyl groups is 1. The van der Waals surface area contributed by atoms with Crippen LogP contribution in [-0.2, 0) is 9.47 Å². The Bertz CT molecular complexity index is 853. The Kier molecular flexibility index (Phi) is 5.08. The van der Waals surface area contributed by atoms with Crippen LogP contribution in [0.25, 0.3) is 5.69 Å². The molecule has 0 aliphatic carbocycles. The maximum absolute atomic E-state index is 12.4. The first-order valence-electron chi connectivity index (χ1n) is 6.73. The van der Waals surface area contributed by atoms with Crippen molar-refractivity contribution in [3.8, 4) is 11.4 Å². The summed E-state index contributed by atoms with van der Waals surface area (Å²) in [6, 6.07) is 5.53. The van der Waals surface area contributed by atoms with E-state index < -0.39 is 17.5 Å². The van der Waals surface area contributed by atoms with Gasteiger partial charge in [0.1, 0.15) is 10.2 Å². The number of esters is 2. The monoisotopic (exact) mass is 395 g/mol. The Morgan fingerprint density at radius 2 is 1.54 bits per heavy atom. The smallest absolute Gasteiger partial charge is 0.337 e. The maximum atomic E-state index is 12.4. The van der Waals surface area contributed by atoms with Gasteiger partial charge in [-0.25, -0.2) is 9.59 Å². The third-order valence-corrected chi connectivity index (χ3v) is 4.08. The van der Waals surface area contributed by atoms with Crippen LogP contribution in [0.4, 0.5) is 0 Å². The summed E-state index contributed by atoms with van der Waals surface area (Å²) < 4.78 is 10.6. The lowest BCUT2D eigenvalue weighted by molar-refractivity contribution is 0.0599. The highest BCUT2D eigenvalue weighted by molar-refractivity contribution is 9.10. The minimum atomic E-state index is -0.662. The molecule has 2 rings (SSSR count). The molecule has 0 atom stereocenters. The van der Waals surface area contributed by atoms with E-state index in [4.69, 9.17) is 0 Å². The zero-order chi connectivity index (χ0) is 18.0. The molecule has 1 heterocycles. The topological polar surface area (TPSA) is 94.8 Å². The number of hydrogen-bond acceptors (Lipinski definition) is 6. The summed E-state index contributed by atoms with van der Waals surface area (Å²) in [6.45, 7) is 1.61. The number of ether oxygens (including phenoxy) is 2. The lowest BCUT2D eigenvalue weighted by atomic mass is 10.1. The minimum Gasteiger partial charge on any atom is -0.506 e. The van der Waals surface area contributed by atoms with Crippen LogP contribution < -0.4 is 5.56 Å². The molecule has 0 bridgehead atoms. The van der Waals surface area contributed by atoms with E-state index in [1.165, 1.54) is 43.1 Å². The number of methoxy groups -OCH3 is 2. The van der Waals surface area contributed by atoms with Crippen molar-refractivity contribution >= 4 is 27.9 Å². The molecule has 126 valence electrons. The summed E-state index contributed by atoms with van der Waals surface area (Å²) in [4.78, 5) is 36.1. The highest BCUT2D eigenvalue weighted by Crippen LogP contribution is 2.23. The van der Waals surface area contributed by atoms with Gasteiger partial charge in [0.2, 0.25) is 0 Å². The van der Waals surface area contributed by atoms with Gasteiger partial charge in [-0.1, -0.05) is 0 Å². The average molecular weight is 396 g/mol. The average Bonchev–Trinajstić information content (AvgIpc) is 2.58. The fraction of sp³-hybridized carbons (Fsp3) is 0.188. The van der Waals surface area contributed by atoms with Crippen molar-refractivity contribution in [2.75, 3.05) is 14.2 Å². The SMILES string of the molecule is COC(=O)c1cc(C(=O)OC)cc(-n2c(C)cc(O)c(Br)c2=O)c1. The van der Waals surface area contributed by atoms with Gasteiger partial charge in [0.25, 0.3) is 5.56 Å². The van der Waals surface area contributed by atoms with Crippen molar-refractivity contribution in [1.82, 2.24) is 4.57 Å². The van der Waals surface area contributed by atoms with Crippen LogP contribution in [0.5, 0.6) is 5.75 Å². The molecule has 0 spiro atoms. The third-order valence-electron chi connectivity index (χ3n) is 3.33. The summed E-state index contributed by atoms with van der Waals surface area (Å²) >= 11 is 3.02. The molecule has 0 fully saturated rings. The van der Waals surface area contributed by atoms with Crippen LogP contribution in [0, 0.1) is 6.92 Å². The van der Waals surface area contributed by atoms with E-state index in [0.717, 1.165) is 0 Å². The zero-order valence-electron chi connectivity index (χ0n) is 13.1. The fourth-order valence-electron chi connectivity index (χ4n) is 2.23. The molecule has 24 heavy (non-hydrogen) atoms. The number of carbonyl (C=O) groups is 2. The predicted molar refractivity (Wildman–Crippen MR) is 88.8 cm³/mol. The second-order valence-corrected chi connectivity index (χ2v) is 5.67. The largest absolute Gasteiger partial charge is 0.506 e. The molecular formula is C16H14BrNO6. The summed E-state index contributed by atoms with van der Waals surface area (Å²) in [5.74, 6) is -1.53. The third kappa shape index (κ3) is 3.18. The molecule has 0 radical (unpaired) electrons. The molecule has 0 amide bonds. The van der Waals surface area contributed by atoms with Crippen LogP contribution in [0.2, 0.25) is 0 Å². The lowest BCUT2D eigenvalue weighted by Gasteiger charge is -2.14. The number of hydrogen-bond donors (Lipinski definition) is 1. The maximum Gasteiger partial charge on any atom is 0.337 e. The number of carbonyl (C=O) groups excluding carboxylic acids is 2. The van der Waals surface area contributed by atoms with Crippen LogP contribution in [0.1, 0.15) is 26.4 Å². The Labute approximate surface area is 145 Å². The molecule has 0 saturated heterocycles. The molecule has 0 unspecified atom stereocenters. The van der Waals surface area contributed by atoms with Gasteiger partial charge < -0.3 is 14.6 Å². The number of rotatable bonds is 3. The molecule has 0 aliphatic rings. The molecule has 1 aromatic carbocycles. The number of pyridine rings is 1. The van der Waals surface area contributed by atoms with Gasteiger partial charge in [-0.3, -0.25) is 9.36 Å². The zero-order valence-corrected chi connectivity index (χ0v) is 14.7. The van der Waals surface area contributed by atoms with E-state index in [2.05, 4.69) is 25.4 Å². The number of aryl methyl sites for hydroxylation is 1.